The Kier molecular flexibility index (Phi) is 5.00. The Bertz CT molecular complexity index is 386. The van der Waals surface area contributed by atoms with E-state index in [-0.39, 0.29) is 12.5 Å². The number of rotatable bonds is 6. The molecule has 1 aromatic rings. The summed E-state index contributed by atoms with van der Waals surface area (Å²) in [4.78, 5) is 21.4. The van der Waals surface area contributed by atoms with Gasteiger partial charge in [0.1, 0.15) is 5.75 Å². The van der Waals surface area contributed by atoms with E-state index in [4.69, 9.17) is 10.5 Å². The van der Waals surface area contributed by atoms with Gasteiger partial charge in [-0.15, -0.1) is 0 Å². The molecule has 0 aromatic heterocycles. The second-order valence-electron chi connectivity index (χ2n) is 3.48. The van der Waals surface area contributed by atoms with E-state index in [1.807, 2.05) is 12.1 Å². The van der Waals surface area contributed by atoms with E-state index in [0.29, 0.717) is 18.6 Å². The van der Waals surface area contributed by atoms with E-state index in [9.17, 15) is 9.59 Å². The number of aryl methyl sites for hydroxylation is 1. The summed E-state index contributed by atoms with van der Waals surface area (Å²) in [6.07, 6.45) is 0.926. The van der Waals surface area contributed by atoms with Gasteiger partial charge in [-0.05, 0) is 24.1 Å². The van der Waals surface area contributed by atoms with Crippen molar-refractivity contribution in [3.63, 3.8) is 0 Å². The molecule has 0 radical (unpaired) electrons. The van der Waals surface area contributed by atoms with Crippen molar-refractivity contribution in [2.75, 3.05) is 13.7 Å². The van der Waals surface area contributed by atoms with Crippen molar-refractivity contribution in [2.45, 2.75) is 12.8 Å². The molecule has 5 heteroatoms. The molecule has 0 aliphatic carbocycles. The first-order valence-electron chi connectivity index (χ1n) is 5.18. The highest BCUT2D eigenvalue weighted by Crippen LogP contribution is 2.13. The van der Waals surface area contributed by atoms with Gasteiger partial charge >= 0.3 is 5.97 Å². The summed E-state index contributed by atoms with van der Waals surface area (Å²) in [5, 5.41) is 0. The van der Waals surface area contributed by atoms with Crippen molar-refractivity contribution < 1.29 is 19.1 Å². The Hall–Kier alpha value is -2.04. The van der Waals surface area contributed by atoms with Gasteiger partial charge in [0, 0.05) is 6.42 Å². The summed E-state index contributed by atoms with van der Waals surface area (Å²) < 4.78 is 9.62. The van der Waals surface area contributed by atoms with Gasteiger partial charge in [0.25, 0.3) is 0 Å². The van der Waals surface area contributed by atoms with Gasteiger partial charge in [0.15, 0.2) is 6.61 Å². The highest BCUT2D eigenvalue weighted by molar-refractivity contribution is 5.74. The Morgan fingerprint density at radius 1 is 1.24 bits per heavy atom. The fourth-order valence-corrected chi connectivity index (χ4v) is 1.22. The van der Waals surface area contributed by atoms with Crippen LogP contribution < -0.4 is 10.5 Å². The minimum atomic E-state index is -0.428. The monoisotopic (exact) mass is 237 g/mol. The van der Waals surface area contributed by atoms with Crippen LogP contribution in [0.4, 0.5) is 0 Å². The van der Waals surface area contributed by atoms with Crippen molar-refractivity contribution in [3.8, 4) is 5.75 Å². The summed E-state index contributed by atoms with van der Waals surface area (Å²) in [6.45, 7) is -0.114. The van der Waals surface area contributed by atoms with Crippen LogP contribution in [0, 0.1) is 0 Å². The lowest BCUT2D eigenvalue weighted by Gasteiger charge is -2.05. The normalized spacial score (nSPS) is 9.71. The lowest BCUT2D eigenvalue weighted by molar-refractivity contribution is -0.142. The third-order valence-corrected chi connectivity index (χ3v) is 2.17. The van der Waals surface area contributed by atoms with Crippen LogP contribution in [0.15, 0.2) is 24.3 Å². The average Bonchev–Trinajstić information content (AvgIpc) is 2.34. The Morgan fingerprint density at radius 2 is 1.88 bits per heavy atom. The third kappa shape index (κ3) is 5.01. The van der Waals surface area contributed by atoms with Gasteiger partial charge in [0.2, 0.25) is 5.91 Å². The SMILES string of the molecule is COC(=O)COc1ccc(CCC(N)=O)cc1. The number of hydrogen-bond donors (Lipinski definition) is 1. The second-order valence-corrected chi connectivity index (χ2v) is 3.48. The van der Waals surface area contributed by atoms with E-state index < -0.39 is 5.97 Å². The first kappa shape index (κ1) is 13.0. The summed E-state index contributed by atoms with van der Waals surface area (Å²) in [7, 11) is 1.30. The average molecular weight is 237 g/mol. The number of ether oxygens (including phenoxy) is 2. The molecule has 0 spiro atoms. The Balaban J connectivity index is 2.44. The first-order chi connectivity index (χ1) is 8.11. The first-order valence-corrected chi connectivity index (χ1v) is 5.18. The van der Waals surface area contributed by atoms with E-state index in [0.717, 1.165) is 5.56 Å². The lowest BCUT2D eigenvalue weighted by atomic mass is 10.1. The number of carbonyl (C=O) groups excluding carboxylic acids is 2. The Labute approximate surface area is 99.5 Å². The van der Waals surface area contributed by atoms with E-state index in [1.54, 1.807) is 12.1 Å². The van der Waals surface area contributed by atoms with Gasteiger partial charge in [-0.1, -0.05) is 12.1 Å². The zero-order valence-corrected chi connectivity index (χ0v) is 9.64. The van der Waals surface area contributed by atoms with Crippen molar-refractivity contribution in [1.29, 1.82) is 0 Å². The van der Waals surface area contributed by atoms with Gasteiger partial charge in [-0.25, -0.2) is 4.79 Å². The molecule has 1 aromatic carbocycles. The molecule has 92 valence electrons. The zero-order chi connectivity index (χ0) is 12.7. The van der Waals surface area contributed by atoms with E-state index in [2.05, 4.69) is 4.74 Å². The second kappa shape index (κ2) is 6.52. The number of methoxy groups -OCH3 is 1. The summed E-state index contributed by atoms with van der Waals surface area (Å²) >= 11 is 0. The van der Waals surface area contributed by atoms with Gasteiger partial charge in [-0.3, -0.25) is 4.79 Å². The standard InChI is InChI=1S/C12H15NO4/c1-16-12(15)8-17-10-5-2-9(3-6-10)4-7-11(13)14/h2-3,5-6H,4,7-8H2,1H3,(H2,13,14). The molecule has 0 atom stereocenters. The molecule has 0 aliphatic heterocycles. The molecule has 1 amide bonds. The molecular weight excluding hydrogens is 222 g/mol. The molecule has 0 fully saturated rings. The molecule has 0 aliphatic rings. The summed E-state index contributed by atoms with van der Waals surface area (Å²) in [5.74, 6) is -0.169. The highest BCUT2D eigenvalue weighted by atomic mass is 16.6. The van der Waals surface area contributed by atoms with Crippen molar-refractivity contribution in [2.24, 2.45) is 5.73 Å². The van der Waals surface area contributed by atoms with Crippen LogP contribution >= 0.6 is 0 Å². The van der Waals surface area contributed by atoms with Gasteiger partial charge in [-0.2, -0.15) is 0 Å². The van der Waals surface area contributed by atoms with Crippen LogP contribution in [-0.2, 0) is 20.7 Å². The smallest absolute Gasteiger partial charge is 0.343 e. The van der Waals surface area contributed by atoms with Crippen LogP contribution in [0.2, 0.25) is 0 Å². The summed E-state index contributed by atoms with van der Waals surface area (Å²) in [6, 6.07) is 7.13. The number of benzene rings is 1. The minimum Gasteiger partial charge on any atom is -0.482 e. The number of amides is 1. The maximum absolute atomic E-state index is 10.8. The van der Waals surface area contributed by atoms with Crippen LogP contribution in [0.1, 0.15) is 12.0 Å². The lowest BCUT2D eigenvalue weighted by Crippen LogP contribution is -2.12. The van der Waals surface area contributed by atoms with Crippen LogP contribution in [0.3, 0.4) is 0 Å². The van der Waals surface area contributed by atoms with E-state index >= 15 is 0 Å². The van der Waals surface area contributed by atoms with Crippen LogP contribution in [0.5, 0.6) is 5.75 Å². The minimum absolute atomic E-state index is 0.114. The molecule has 0 unspecified atom stereocenters. The maximum atomic E-state index is 10.8. The van der Waals surface area contributed by atoms with Crippen LogP contribution in [0.25, 0.3) is 0 Å². The zero-order valence-electron chi connectivity index (χ0n) is 9.64. The van der Waals surface area contributed by atoms with Crippen molar-refractivity contribution in [3.05, 3.63) is 29.8 Å². The quantitative estimate of drug-likeness (QED) is 0.737. The number of esters is 1. The molecular formula is C12H15NO4. The number of primary amides is 1. The van der Waals surface area contributed by atoms with Crippen molar-refractivity contribution >= 4 is 11.9 Å². The number of nitrogens with two attached hydrogens (primary N) is 1. The molecule has 1 rings (SSSR count). The van der Waals surface area contributed by atoms with Crippen molar-refractivity contribution in [1.82, 2.24) is 0 Å². The largest absolute Gasteiger partial charge is 0.482 e. The molecule has 0 saturated heterocycles. The predicted molar refractivity (Wildman–Crippen MR) is 61.5 cm³/mol. The molecule has 17 heavy (non-hydrogen) atoms. The number of hydrogen-bond acceptors (Lipinski definition) is 4. The third-order valence-electron chi connectivity index (χ3n) is 2.17. The predicted octanol–water partition coefficient (Wildman–Crippen LogP) is 0.656. The molecule has 0 saturated carbocycles. The topological polar surface area (TPSA) is 78.6 Å². The molecule has 5 nitrogen and oxygen atoms in total. The summed E-state index contributed by atoms with van der Waals surface area (Å²) in [5.41, 5.74) is 6.05. The van der Waals surface area contributed by atoms with Gasteiger partial charge < -0.3 is 15.2 Å². The maximum Gasteiger partial charge on any atom is 0.343 e. The fraction of sp³-hybridized carbons (Fsp3) is 0.333. The van der Waals surface area contributed by atoms with Crippen LogP contribution in [-0.4, -0.2) is 25.6 Å². The fourth-order valence-electron chi connectivity index (χ4n) is 1.22. The molecule has 0 bridgehead atoms. The van der Waals surface area contributed by atoms with E-state index in [1.165, 1.54) is 7.11 Å². The van der Waals surface area contributed by atoms with Gasteiger partial charge in [0.05, 0.1) is 7.11 Å². The molecule has 0 heterocycles. The molecule has 2 N–H and O–H groups in total. The Morgan fingerprint density at radius 3 is 2.41 bits per heavy atom. The number of carbonyl (C=O) groups is 2. The highest BCUT2D eigenvalue weighted by Gasteiger charge is 2.02.